The van der Waals surface area contributed by atoms with Crippen LogP contribution in [0.15, 0.2) is 48.7 Å². The molecule has 1 aromatic heterocycles. The number of nitrogens with one attached hydrogen (secondary N) is 5. The molecule has 9 heteroatoms. The van der Waals surface area contributed by atoms with Gasteiger partial charge in [-0.25, -0.2) is 9.78 Å². The van der Waals surface area contributed by atoms with E-state index in [0.29, 0.717) is 16.8 Å². The van der Waals surface area contributed by atoms with Crippen molar-refractivity contribution in [3.05, 3.63) is 64.8 Å². The van der Waals surface area contributed by atoms with E-state index in [1.807, 2.05) is 30.3 Å². The second kappa shape index (κ2) is 9.02. The maximum Gasteiger partial charge on any atom is 0.319 e. The molecule has 0 radical (unpaired) electrons. The smallest absolute Gasteiger partial charge is 0.319 e. The molecule has 1 saturated heterocycles. The van der Waals surface area contributed by atoms with Crippen LogP contribution in [0.4, 0.5) is 33.6 Å². The van der Waals surface area contributed by atoms with Crippen molar-refractivity contribution in [2.24, 2.45) is 0 Å². The molecule has 1 fully saturated rings. The first-order valence-electron chi connectivity index (χ1n) is 10.7. The summed E-state index contributed by atoms with van der Waals surface area (Å²) in [5, 5.41) is 16.3. The minimum Gasteiger partial charge on any atom is -0.339 e. The van der Waals surface area contributed by atoms with Crippen molar-refractivity contribution in [2.75, 3.05) is 29.0 Å². The normalized spacial score (nSPS) is 17.1. The zero-order valence-corrected chi connectivity index (χ0v) is 18.2. The summed E-state index contributed by atoms with van der Waals surface area (Å²) in [5.74, 6) is 0.975. The molecular weight excluding hydrogens is 426 g/mol. The Kier molecular flexibility index (Phi) is 5.79. The molecule has 5 rings (SSSR count). The molecule has 0 spiro atoms. The fourth-order valence-electron chi connectivity index (χ4n) is 3.99. The summed E-state index contributed by atoms with van der Waals surface area (Å²) >= 11 is 6.33. The number of carbonyl (C=O) groups is 1. The number of nitrogens with zero attached hydrogens (tertiary/aromatic N) is 2. The Labute approximate surface area is 191 Å². The van der Waals surface area contributed by atoms with Crippen molar-refractivity contribution in [2.45, 2.75) is 25.3 Å². The number of hydrogen-bond acceptors (Lipinski definition) is 6. The quantitative estimate of drug-likeness (QED) is 0.402. The van der Waals surface area contributed by atoms with E-state index in [9.17, 15) is 4.79 Å². The molecule has 1 atom stereocenters. The van der Waals surface area contributed by atoms with E-state index in [4.69, 9.17) is 11.6 Å². The summed E-state index contributed by atoms with van der Waals surface area (Å²) in [4.78, 5) is 21.4. The number of amides is 2. The number of halogens is 1. The summed E-state index contributed by atoms with van der Waals surface area (Å²) in [6, 6.07) is 14.0. The lowest BCUT2D eigenvalue weighted by Gasteiger charge is -2.16. The average Bonchev–Trinajstić information content (AvgIpc) is 3.29. The third-order valence-corrected chi connectivity index (χ3v) is 5.90. The van der Waals surface area contributed by atoms with E-state index >= 15 is 0 Å². The molecule has 2 amide bonds. The number of hydrogen-bond donors (Lipinski definition) is 5. The molecule has 8 nitrogen and oxygen atoms in total. The number of aromatic nitrogens is 2. The summed E-state index contributed by atoms with van der Waals surface area (Å²) in [7, 11) is 0. The molecule has 0 saturated carbocycles. The Bertz CT molecular complexity index is 1150. The van der Waals surface area contributed by atoms with Gasteiger partial charge < -0.3 is 26.6 Å². The molecule has 5 N–H and O–H groups in total. The van der Waals surface area contributed by atoms with Crippen molar-refractivity contribution in [1.82, 2.24) is 20.6 Å². The average molecular weight is 450 g/mol. The fourth-order valence-corrected chi connectivity index (χ4v) is 4.12. The van der Waals surface area contributed by atoms with Crippen LogP contribution in [0.2, 0.25) is 5.02 Å². The highest BCUT2D eigenvalue weighted by Crippen LogP contribution is 2.29. The first-order chi connectivity index (χ1) is 15.6. The van der Waals surface area contributed by atoms with Gasteiger partial charge in [-0.3, -0.25) is 0 Å². The number of aryl methyl sites for hydroxylation is 2. The number of fused-ring (bicyclic) bond motifs is 6. The Balaban J connectivity index is 1.46. The summed E-state index contributed by atoms with van der Waals surface area (Å²) in [6.45, 7) is 1.73. The van der Waals surface area contributed by atoms with Crippen molar-refractivity contribution in [1.29, 1.82) is 0 Å². The van der Waals surface area contributed by atoms with Crippen molar-refractivity contribution < 1.29 is 4.79 Å². The molecule has 2 aromatic carbocycles. The highest BCUT2D eigenvalue weighted by Gasteiger charge is 2.18. The Hall–Kier alpha value is -3.36. The summed E-state index contributed by atoms with van der Waals surface area (Å²) < 4.78 is 0. The largest absolute Gasteiger partial charge is 0.339 e. The predicted octanol–water partition coefficient (Wildman–Crippen LogP) is 4.20. The van der Waals surface area contributed by atoms with Crippen molar-refractivity contribution >= 4 is 46.5 Å². The standard InChI is InChI=1S/C23H24ClN7O/c24-19-13-26-22-28-16-3-1-2-14(10-16)4-5-15-11-17(27-21(19)31-22)6-7-20(15)30-23(32)29-18-8-9-25-12-18/h1-3,6-7,10-11,13,18,25H,4-5,8-9,12H2,(H2,29,30,32)(H2,26,27,28,31)/t18-/m0/s1. The zero-order valence-electron chi connectivity index (χ0n) is 17.4. The Morgan fingerprint density at radius 1 is 1.09 bits per heavy atom. The summed E-state index contributed by atoms with van der Waals surface area (Å²) in [6.07, 6.45) is 4.09. The van der Waals surface area contributed by atoms with Crippen LogP contribution in [-0.2, 0) is 12.8 Å². The molecule has 0 aliphatic carbocycles. The minimum absolute atomic E-state index is 0.158. The molecule has 164 valence electrons. The molecule has 0 unspecified atom stereocenters. The van der Waals surface area contributed by atoms with Crippen LogP contribution < -0.4 is 26.6 Å². The highest BCUT2D eigenvalue weighted by atomic mass is 35.5. The minimum atomic E-state index is -0.187. The second-order valence-electron chi connectivity index (χ2n) is 8.00. The van der Waals surface area contributed by atoms with Crippen LogP contribution in [0.5, 0.6) is 0 Å². The van der Waals surface area contributed by atoms with Gasteiger partial charge in [0.25, 0.3) is 0 Å². The van der Waals surface area contributed by atoms with E-state index in [1.54, 1.807) is 6.20 Å². The van der Waals surface area contributed by atoms with Gasteiger partial charge in [-0.1, -0.05) is 23.7 Å². The van der Waals surface area contributed by atoms with Crippen LogP contribution in [0, 0.1) is 0 Å². The molecule has 3 aromatic rings. The molecular formula is C23H24ClN7O. The van der Waals surface area contributed by atoms with Gasteiger partial charge in [0, 0.05) is 29.6 Å². The molecule has 32 heavy (non-hydrogen) atoms. The number of carbonyl (C=O) groups excluding carboxylic acids is 1. The van der Waals surface area contributed by atoms with E-state index in [-0.39, 0.29) is 12.1 Å². The number of anilines is 5. The van der Waals surface area contributed by atoms with Gasteiger partial charge >= 0.3 is 6.03 Å². The maximum absolute atomic E-state index is 12.6. The first kappa shape index (κ1) is 20.5. The lowest BCUT2D eigenvalue weighted by Crippen LogP contribution is -2.39. The number of urea groups is 1. The molecule has 3 heterocycles. The number of rotatable bonds is 2. The lowest BCUT2D eigenvalue weighted by molar-refractivity contribution is 0.249. The SMILES string of the molecule is O=C(Nc1ccc2cc1CCc1cccc(c1)Nc1ncc(Cl)c(n1)N2)N[C@H]1CCNC1. The predicted molar refractivity (Wildman–Crippen MR) is 127 cm³/mol. The van der Waals surface area contributed by atoms with Crippen LogP contribution >= 0.6 is 11.6 Å². The third-order valence-electron chi connectivity index (χ3n) is 5.62. The Morgan fingerprint density at radius 2 is 2.00 bits per heavy atom. The monoisotopic (exact) mass is 449 g/mol. The maximum atomic E-state index is 12.6. The third kappa shape index (κ3) is 4.76. The van der Waals surface area contributed by atoms with Gasteiger partial charge in [-0.05, 0) is 67.3 Å². The Morgan fingerprint density at radius 3 is 2.88 bits per heavy atom. The zero-order chi connectivity index (χ0) is 21.9. The second-order valence-corrected chi connectivity index (χ2v) is 8.41. The van der Waals surface area contributed by atoms with Gasteiger partial charge in [-0.2, -0.15) is 4.98 Å². The van der Waals surface area contributed by atoms with Crippen molar-refractivity contribution in [3.63, 3.8) is 0 Å². The van der Waals surface area contributed by atoms with E-state index in [1.165, 1.54) is 5.56 Å². The van der Waals surface area contributed by atoms with Gasteiger partial charge in [0.05, 0.1) is 6.20 Å². The number of benzene rings is 2. The van der Waals surface area contributed by atoms with E-state index < -0.39 is 0 Å². The van der Waals surface area contributed by atoms with E-state index in [0.717, 1.165) is 55.0 Å². The summed E-state index contributed by atoms with van der Waals surface area (Å²) in [5.41, 5.74) is 4.73. The van der Waals surface area contributed by atoms with Gasteiger partial charge in [-0.15, -0.1) is 0 Å². The molecule has 2 aliphatic rings. The lowest BCUT2D eigenvalue weighted by atomic mass is 10.0. The van der Waals surface area contributed by atoms with Crippen LogP contribution in [-0.4, -0.2) is 35.1 Å². The topological polar surface area (TPSA) is 103 Å². The van der Waals surface area contributed by atoms with Gasteiger partial charge in [0.1, 0.15) is 5.02 Å². The van der Waals surface area contributed by atoms with Crippen molar-refractivity contribution in [3.8, 4) is 0 Å². The molecule has 2 aliphatic heterocycles. The van der Waals surface area contributed by atoms with Crippen LogP contribution in [0.25, 0.3) is 0 Å². The fraction of sp³-hybridized carbons (Fsp3) is 0.261. The van der Waals surface area contributed by atoms with Gasteiger partial charge in [0.15, 0.2) is 5.82 Å². The van der Waals surface area contributed by atoms with Crippen LogP contribution in [0.1, 0.15) is 17.5 Å². The van der Waals surface area contributed by atoms with Gasteiger partial charge in [0.2, 0.25) is 5.95 Å². The van der Waals surface area contributed by atoms with Crippen LogP contribution in [0.3, 0.4) is 0 Å². The first-order valence-corrected chi connectivity index (χ1v) is 11.1. The highest BCUT2D eigenvalue weighted by molar-refractivity contribution is 6.32. The molecule has 6 bridgehead atoms. The van der Waals surface area contributed by atoms with E-state index in [2.05, 4.69) is 48.7 Å².